The van der Waals surface area contributed by atoms with Gasteiger partial charge >= 0.3 is 0 Å². The van der Waals surface area contributed by atoms with Crippen LogP contribution < -0.4 is 0 Å². The molecule has 0 saturated heterocycles. The lowest BCUT2D eigenvalue weighted by atomic mass is 10.00. The van der Waals surface area contributed by atoms with Crippen LogP contribution in [0.3, 0.4) is 0 Å². The Morgan fingerprint density at radius 1 is 0.957 bits per heavy atom. The Balaban J connectivity index is 1.73. The number of aryl methyl sites for hydroxylation is 2. The molecule has 0 aliphatic rings. The van der Waals surface area contributed by atoms with Gasteiger partial charge in [0.2, 0.25) is 0 Å². The zero-order valence-corrected chi connectivity index (χ0v) is 13.7. The Labute approximate surface area is 138 Å². The fourth-order valence-electron chi connectivity index (χ4n) is 2.85. The van der Waals surface area contributed by atoms with Crippen molar-refractivity contribution in [2.24, 2.45) is 0 Å². The molecule has 2 heteroatoms. The molecule has 0 unspecified atom stereocenters. The molecule has 116 valence electrons. The second kappa shape index (κ2) is 7.10. The molecule has 0 atom stereocenters. The first-order valence-electron chi connectivity index (χ1n) is 8.00. The average Bonchev–Trinajstić information content (AvgIpc) is 2.98. The molecule has 3 rings (SSSR count). The molecule has 0 aliphatic carbocycles. The maximum absolute atomic E-state index is 4.29. The van der Waals surface area contributed by atoms with E-state index in [0.29, 0.717) is 0 Å². The Bertz CT molecular complexity index is 777. The van der Waals surface area contributed by atoms with E-state index in [-0.39, 0.29) is 0 Å². The predicted molar refractivity (Wildman–Crippen MR) is 96.4 cm³/mol. The van der Waals surface area contributed by atoms with Crippen molar-refractivity contribution in [1.82, 2.24) is 9.55 Å². The van der Waals surface area contributed by atoms with Crippen molar-refractivity contribution in [2.75, 3.05) is 0 Å². The molecule has 0 fully saturated rings. The molecule has 0 spiro atoms. The third kappa shape index (κ3) is 3.78. The number of rotatable bonds is 5. The summed E-state index contributed by atoms with van der Waals surface area (Å²) in [4.78, 5) is 4.29. The van der Waals surface area contributed by atoms with Gasteiger partial charge in [0.15, 0.2) is 0 Å². The highest BCUT2D eigenvalue weighted by molar-refractivity contribution is 5.46. The molecule has 0 radical (unpaired) electrons. The van der Waals surface area contributed by atoms with Crippen molar-refractivity contribution < 1.29 is 0 Å². The first-order valence-corrected chi connectivity index (χ1v) is 8.00. The van der Waals surface area contributed by atoms with E-state index in [2.05, 4.69) is 78.0 Å². The van der Waals surface area contributed by atoms with E-state index >= 15 is 0 Å². The van der Waals surface area contributed by atoms with Gasteiger partial charge in [-0.05, 0) is 48.6 Å². The first kappa shape index (κ1) is 15.3. The fourth-order valence-corrected chi connectivity index (χ4v) is 2.85. The smallest absolute Gasteiger partial charge is 0.0953 e. The van der Waals surface area contributed by atoms with Crippen LogP contribution in [0.4, 0.5) is 0 Å². The third-order valence-electron chi connectivity index (χ3n) is 4.20. The van der Waals surface area contributed by atoms with Crippen LogP contribution in [-0.4, -0.2) is 9.55 Å². The first-order chi connectivity index (χ1) is 11.2. The lowest BCUT2D eigenvalue weighted by Crippen LogP contribution is -2.00. The van der Waals surface area contributed by atoms with Gasteiger partial charge in [0.1, 0.15) is 0 Å². The lowest BCUT2D eigenvalue weighted by molar-refractivity contribution is 0.789. The second-order valence-electron chi connectivity index (χ2n) is 5.91. The molecule has 0 aliphatic heterocycles. The van der Waals surface area contributed by atoms with Gasteiger partial charge in [-0.1, -0.05) is 54.6 Å². The molecule has 0 N–H and O–H groups in total. The Kier molecular flexibility index (Phi) is 4.72. The van der Waals surface area contributed by atoms with Crippen molar-refractivity contribution in [3.63, 3.8) is 0 Å². The Hall–Kier alpha value is -2.61. The minimum Gasteiger partial charge on any atom is -0.327 e. The molecule has 0 bridgehead atoms. The molecule has 2 nitrogen and oxygen atoms in total. The van der Waals surface area contributed by atoms with Crippen LogP contribution in [0.25, 0.3) is 6.08 Å². The normalized spacial score (nSPS) is 11.2. The molecular weight excluding hydrogens is 280 g/mol. The maximum Gasteiger partial charge on any atom is 0.0953 e. The van der Waals surface area contributed by atoms with Gasteiger partial charge in [-0.3, -0.25) is 0 Å². The zero-order chi connectivity index (χ0) is 16.1. The number of benzene rings is 2. The van der Waals surface area contributed by atoms with E-state index in [1.807, 2.05) is 18.6 Å². The highest BCUT2D eigenvalue weighted by Crippen LogP contribution is 2.15. The minimum absolute atomic E-state index is 0.851. The number of hydrogen-bond acceptors (Lipinski definition) is 1. The molecule has 1 aromatic heterocycles. The summed E-state index contributed by atoms with van der Waals surface area (Å²) in [6, 6.07) is 16.9. The summed E-state index contributed by atoms with van der Waals surface area (Å²) >= 11 is 0. The van der Waals surface area contributed by atoms with Gasteiger partial charge < -0.3 is 4.57 Å². The SMILES string of the molecule is Cc1cccc(C)c1CC=Cc1cncn1Cc1ccccc1. The topological polar surface area (TPSA) is 17.8 Å². The molecule has 3 aromatic rings. The number of allylic oxidation sites excluding steroid dienone is 1. The van der Waals surface area contributed by atoms with Gasteiger partial charge in [0.05, 0.1) is 18.2 Å². The maximum atomic E-state index is 4.29. The third-order valence-corrected chi connectivity index (χ3v) is 4.20. The van der Waals surface area contributed by atoms with E-state index in [9.17, 15) is 0 Å². The number of hydrogen-bond donors (Lipinski definition) is 0. The van der Waals surface area contributed by atoms with Gasteiger partial charge in [-0.15, -0.1) is 0 Å². The number of imidazole rings is 1. The van der Waals surface area contributed by atoms with Crippen LogP contribution in [0, 0.1) is 13.8 Å². The summed E-state index contributed by atoms with van der Waals surface area (Å²) in [5.41, 5.74) is 6.55. The van der Waals surface area contributed by atoms with Crippen molar-refractivity contribution in [2.45, 2.75) is 26.8 Å². The van der Waals surface area contributed by atoms with Crippen LogP contribution in [0.15, 0.2) is 67.1 Å². The summed E-state index contributed by atoms with van der Waals surface area (Å²) in [7, 11) is 0. The summed E-state index contributed by atoms with van der Waals surface area (Å²) in [5, 5.41) is 0. The Morgan fingerprint density at radius 2 is 1.70 bits per heavy atom. The fraction of sp³-hybridized carbons (Fsp3) is 0.190. The van der Waals surface area contributed by atoms with E-state index in [4.69, 9.17) is 0 Å². The molecule has 1 heterocycles. The lowest BCUT2D eigenvalue weighted by Gasteiger charge is -2.07. The van der Waals surface area contributed by atoms with Crippen LogP contribution >= 0.6 is 0 Å². The summed E-state index contributed by atoms with van der Waals surface area (Å²) in [6.45, 7) is 5.20. The monoisotopic (exact) mass is 302 g/mol. The summed E-state index contributed by atoms with van der Waals surface area (Å²) in [5.74, 6) is 0. The Morgan fingerprint density at radius 3 is 2.43 bits per heavy atom. The molecule has 0 saturated carbocycles. The average molecular weight is 302 g/mol. The standard InChI is InChI=1S/C21H22N2/c1-17-8-6-9-18(2)21(17)13-7-12-20-14-22-16-23(20)15-19-10-4-3-5-11-19/h3-12,14,16H,13,15H2,1-2H3. The molecule has 2 aromatic carbocycles. The highest BCUT2D eigenvalue weighted by Gasteiger charge is 2.02. The van der Waals surface area contributed by atoms with E-state index < -0.39 is 0 Å². The number of nitrogens with zero attached hydrogens (tertiary/aromatic N) is 2. The van der Waals surface area contributed by atoms with Crippen LogP contribution in [-0.2, 0) is 13.0 Å². The molecule has 0 amide bonds. The van der Waals surface area contributed by atoms with Crippen molar-refractivity contribution in [3.8, 4) is 0 Å². The largest absolute Gasteiger partial charge is 0.327 e. The van der Waals surface area contributed by atoms with Crippen molar-refractivity contribution in [3.05, 3.63) is 95.1 Å². The summed E-state index contributed by atoms with van der Waals surface area (Å²) < 4.78 is 2.18. The van der Waals surface area contributed by atoms with Crippen molar-refractivity contribution >= 4 is 6.08 Å². The summed E-state index contributed by atoms with van der Waals surface area (Å²) in [6.07, 6.45) is 9.17. The van der Waals surface area contributed by atoms with Crippen molar-refractivity contribution in [1.29, 1.82) is 0 Å². The van der Waals surface area contributed by atoms with E-state index in [0.717, 1.165) is 18.7 Å². The quantitative estimate of drug-likeness (QED) is 0.661. The van der Waals surface area contributed by atoms with E-state index in [1.54, 1.807) is 0 Å². The second-order valence-corrected chi connectivity index (χ2v) is 5.91. The van der Waals surface area contributed by atoms with E-state index in [1.165, 1.54) is 22.3 Å². The van der Waals surface area contributed by atoms with Crippen LogP contribution in [0.2, 0.25) is 0 Å². The predicted octanol–water partition coefficient (Wildman–Crippen LogP) is 4.80. The minimum atomic E-state index is 0.851. The highest BCUT2D eigenvalue weighted by atomic mass is 15.0. The van der Waals surface area contributed by atoms with Crippen LogP contribution in [0.5, 0.6) is 0 Å². The zero-order valence-electron chi connectivity index (χ0n) is 13.7. The van der Waals surface area contributed by atoms with Gasteiger partial charge in [0, 0.05) is 6.54 Å². The van der Waals surface area contributed by atoms with Gasteiger partial charge in [-0.2, -0.15) is 0 Å². The van der Waals surface area contributed by atoms with Crippen LogP contribution in [0.1, 0.15) is 27.9 Å². The molecular formula is C21H22N2. The number of aromatic nitrogens is 2. The molecule has 23 heavy (non-hydrogen) atoms. The van der Waals surface area contributed by atoms with Gasteiger partial charge in [0.25, 0.3) is 0 Å². The van der Waals surface area contributed by atoms with Gasteiger partial charge in [-0.25, -0.2) is 4.98 Å².